The molecule has 0 unspecified atom stereocenters. The van der Waals surface area contributed by atoms with E-state index in [0.717, 1.165) is 12.8 Å². The number of nitrogens with zero attached hydrogens (tertiary/aromatic N) is 3. The van der Waals surface area contributed by atoms with Crippen LogP contribution in [0.1, 0.15) is 39.7 Å². The zero-order valence-corrected chi connectivity index (χ0v) is 13.4. The quantitative estimate of drug-likeness (QED) is 0.889. The summed E-state index contributed by atoms with van der Waals surface area (Å²) in [6, 6.07) is 1.21. The van der Waals surface area contributed by atoms with Crippen LogP contribution in [0.3, 0.4) is 0 Å². The number of carbonyl (C=O) groups excluding carboxylic acids is 1. The highest BCUT2D eigenvalue weighted by Gasteiger charge is 2.28. The van der Waals surface area contributed by atoms with E-state index < -0.39 is 10.0 Å². The smallest absolute Gasteiger partial charge is 0.258 e. The number of hydrogen-bond acceptors (Lipinski definition) is 4. The van der Waals surface area contributed by atoms with Crippen LogP contribution >= 0.6 is 0 Å². The van der Waals surface area contributed by atoms with Gasteiger partial charge in [-0.15, -0.1) is 0 Å². The van der Waals surface area contributed by atoms with Gasteiger partial charge in [0.25, 0.3) is 10.0 Å². The second kappa shape index (κ2) is 6.15. The molecule has 0 radical (unpaired) electrons. The molecule has 0 spiro atoms. The van der Waals surface area contributed by atoms with Crippen molar-refractivity contribution in [3.63, 3.8) is 0 Å². The van der Waals surface area contributed by atoms with Crippen molar-refractivity contribution in [1.82, 2.24) is 19.4 Å². The Morgan fingerprint density at radius 1 is 1.48 bits per heavy atom. The zero-order valence-electron chi connectivity index (χ0n) is 12.6. The van der Waals surface area contributed by atoms with Gasteiger partial charge in [-0.25, -0.2) is 13.1 Å². The van der Waals surface area contributed by atoms with Crippen LogP contribution in [0.5, 0.6) is 0 Å². The van der Waals surface area contributed by atoms with Crippen LogP contribution < -0.4 is 4.72 Å². The molecule has 0 saturated carbocycles. The molecule has 1 amide bonds. The Kier molecular flexibility index (Phi) is 4.67. The third kappa shape index (κ3) is 3.62. The molecule has 1 atom stereocenters. The fourth-order valence-corrected chi connectivity index (χ4v) is 4.04. The summed E-state index contributed by atoms with van der Waals surface area (Å²) >= 11 is 0. The maximum atomic E-state index is 12.5. The Morgan fingerprint density at radius 3 is 2.81 bits per heavy atom. The summed E-state index contributed by atoms with van der Waals surface area (Å²) < 4.78 is 29.2. The highest BCUT2D eigenvalue weighted by Crippen LogP contribution is 2.17. The van der Waals surface area contributed by atoms with Crippen molar-refractivity contribution in [3.05, 3.63) is 12.3 Å². The molecule has 0 bridgehead atoms. The van der Waals surface area contributed by atoms with Crippen LogP contribution in [0.25, 0.3) is 0 Å². The number of carbonyl (C=O) groups is 1. The molecule has 1 saturated heterocycles. The van der Waals surface area contributed by atoms with Crippen molar-refractivity contribution in [3.8, 4) is 0 Å². The molecule has 2 heterocycles. The van der Waals surface area contributed by atoms with Crippen molar-refractivity contribution < 1.29 is 13.2 Å². The van der Waals surface area contributed by atoms with Gasteiger partial charge in [0.05, 0.1) is 6.20 Å². The van der Waals surface area contributed by atoms with E-state index in [4.69, 9.17) is 0 Å². The molecule has 0 aliphatic carbocycles. The number of amides is 1. The summed E-state index contributed by atoms with van der Waals surface area (Å²) in [7, 11) is -3.63. The van der Waals surface area contributed by atoms with Gasteiger partial charge in [-0.3, -0.25) is 9.48 Å². The van der Waals surface area contributed by atoms with Crippen molar-refractivity contribution in [2.45, 2.75) is 50.7 Å². The summed E-state index contributed by atoms with van der Waals surface area (Å²) in [6.45, 7) is 6.38. The lowest BCUT2D eigenvalue weighted by Crippen LogP contribution is -2.49. The maximum absolute atomic E-state index is 12.5. The van der Waals surface area contributed by atoms with E-state index in [1.165, 1.54) is 23.9 Å². The van der Waals surface area contributed by atoms with Crippen molar-refractivity contribution in [2.75, 3.05) is 13.1 Å². The molecule has 8 heteroatoms. The van der Waals surface area contributed by atoms with Crippen LogP contribution in [-0.4, -0.2) is 48.1 Å². The number of aromatic nitrogens is 2. The van der Waals surface area contributed by atoms with Crippen LogP contribution in [0.4, 0.5) is 0 Å². The lowest BCUT2D eigenvalue weighted by molar-refractivity contribution is -0.130. The Bertz CT molecular complexity index is 609. The number of hydrogen-bond donors (Lipinski definition) is 1. The van der Waals surface area contributed by atoms with E-state index in [2.05, 4.69) is 9.82 Å². The summed E-state index contributed by atoms with van der Waals surface area (Å²) in [5, 5.41) is 4.22. The second-order valence-electron chi connectivity index (χ2n) is 5.63. The number of sulfonamides is 1. The molecule has 1 aliphatic heterocycles. The number of nitrogens with one attached hydrogen (secondary N) is 1. The molecule has 1 aromatic heterocycles. The molecule has 118 valence electrons. The first-order valence-electron chi connectivity index (χ1n) is 7.12. The number of piperidine rings is 1. The van der Waals surface area contributed by atoms with E-state index in [1.54, 1.807) is 4.90 Å². The lowest BCUT2D eigenvalue weighted by Gasteiger charge is -2.32. The van der Waals surface area contributed by atoms with Gasteiger partial charge in [-0.1, -0.05) is 0 Å². The van der Waals surface area contributed by atoms with Crippen molar-refractivity contribution >= 4 is 15.9 Å². The number of rotatable bonds is 4. The average Bonchev–Trinajstić information content (AvgIpc) is 2.88. The Hall–Kier alpha value is -1.41. The van der Waals surface area contributed by atoms with E-state index in [-0.39, 0.29) is 23.0 Å². The first-order valence-corrected chi connectivity index (χ1v) is 8.61. The molecule has 1 aliphatic rings. The normalized spacial score (nSPS) is 20.0. The average molecular weight is 314 g/mol. The lowest BCUT2D eigenvalue weighted by atomic mass is 10.1. The Labute approximate surface area is 125 Å². The zero-order chi connectivity index (χ0) is 15.6. The monoisotopic (exact) mass is 314 g/mol. The standard InChI is InChI=1S/C13H22N4O3S/c1-10(2)17-13(6-7-14-17)21(19,20)15-12-5-4-8-16(9-12)11(3)18/h6-7,10,12,15H,4-5,8-9H2,1-3H3/t12-/m0/s1. The minimum absolute atomic E-state index is 0.0221. The maximum Gasteiger partial charge on any atom is 0.258 e. The second-order valence-corrected chi connectivity index (χ2v) is 7.29. The molecule has 0 aromatic carbocycles. The largest absolute Gasteiger partial charge is 0.341 e. The van der Waals surface area contributed by atoms with E-state index in [1.807, 2.05) is 13.8 Å². The van der Waals surface area contributed by atoms with E-state index >= 15 is 0 Å². The topological polar surface area (TPSA) is 84.3 Å². The first kappa shape index (κ1) is 16.0. The minimum Gasteiger partial charge on any atom is -0.341 e. The Balaban J connectivity index is 2.14. The van der Waals surface area contributed by atoms with Gasteiger partial charge >= 0.3 is 0 Å². The number of likely N-dealkylation sites (tertiary alicyclic amines) is 1. The van der Waals surface area contributed by atoms with E-state index in [9.17, 15) is 13.2 Å². The van der Waals surface area contributed by atoms with Crippen LogP contribution in [0, 0.1) is 0 Å². The first-order chi connectivity index (χ1) is 9.81. The highest BCUT2D eigenvalue weighted by molar-refractivity contribution is 7.89. The molecule has 1 aromatic rings. The minimum atomic E-state index is -3.63. The van der Waals surface area contributed by atoms with Crippen molar-refractivity contribution in [1.29, 1.82) is 0 Å². The van der Waals surface area contributed by atoms with Gasteiger partial charge in [-0.2, -0.15) is 5.10 Å². The molecule has 1 N–H and O–H groups in total. The summed E-state index contributed by atoms with van der Waals surface area (Å²) in [4.78, 5) is 13.1. The molecule has 7 nitrogen and oxygen atoms in total. The van der Waals surface area contributed by atoms with Gasteiger partial charge in [0.2, 0.25) is 5.91 Å². The van der Waals surface area contributed by atoms with Crippen LogP contribution in [0.2, 0.25) is 0 Å². The molecular weight excluding hydrogens is 292 g/mol. The molecule has 21 heavy (non-hydrogen) atoms. The fourth-order valence-electron chi connectivity index (χ4n) is 2.54. The van der Waals surface area contributed by atoms with E-state index in [0.29, 0.717) is 13.1 Å². The molecule has 2 rings (SSSR count). The predicted octanol–water partition coefficient (Wildman–Crippen LogP) is 0.753. The van der Waals surface area contributed by atoms with Gasteiger partial charge < -0.3 is 4.90 Å². The van der Waals surface area contributed by atoms with Crippen molar-refractivity contribution in [2.24, 2.45) is 0 Å². The van der Waals surface area contributed by atoms with Gasteiger partial charge in [0, 0.05) is 32.1 Å². The van der Waals surface area contributed by atoms with Gasteiger partial charge in [0.1, 0.15) is 0 Å². The Morgan fingerprint density at radius 2 is 2.19 bits per heavy atom. The summed E-state index contributed by atoms with van der Waals surface area (Å²) in [5.74, 6) is -0.0221. The van der Waals surface area contributed by atoms with Gasteiger partial charge in [-0.05, 0) is 32.8 Å². The predicted molar refractivity (Wildman–Crippen MR) is 78.2 cm³/mol. The highest BCUT2D eigenvalue weighted by atomic mass is 32.2. The SMILES string of the molecule is CC(=O)N1CCC[C@H](NS(=O)(=O)c2ccnn2C(C)C)C1. The molecular formula is C13H22N4O3S. The third-order valence-corrected chi connectivity index (χ3v) is 5.10. The third-order valence-electron chi connectivity index (χ3n) is 3.59. The van der Waals surface area contributed by atoms with Gasteiger partial charge in [0.15, 0.2) is 5.03 Å². The summed E-state index contributed by atoms with van der Waals surface area (Å²) in [5.41, 5.74) is 0. The van der Waals surface area contributed by atoms with Crippen LogP contribution in [-0.2, 0) is 14.8 Å². The summed E-state index contributed by atoms with van der Waals surface area (Å²) in [6.07, 6.45) is 3.02. The van der Waals surface area contributed by atoms with Crippen LogP contribution in [0.15, 0.2) is 17.3 Å². The fraction of sp³-hybridized carbons (Fsp3) is 0.692. The molecule has 1 fully saturated rings.